The molecule has 114 valence electrons. The fraction of sp³-hybridized carbons (Fsp3) is 0.312. The second kappa shape index (κ2) is 6.01. The molecule has 6 heteroatoms. The Morgan fingerprint density at radius 2 is 2.09 bits per heavy atom. The molecule has 1 N–H and O–H groups in total. The van der Waals surface area contributed by atoms with Crippen LogP contribution in [0.5, 0.6) is 0 Å². The van der Waals surface area contributed by atoms with Crippen molar-refractivity contribution in [2.45, 2.75) is 19.4 Å². The minimum absolute atomic E-state index is 0.0751. The van der Waals surface area contributed by atoms with Gasteiger partial charge in [0.15, 0.2) is 5.69 Å². The van der Waals surface area contributed by atoms with E-state index in [4.69, 9.17) is 4.74 Å². The molecule has 0 aliphatic carbocycles. The molecule has 0 bridgehead atoms. The van der Waals surface area contributed by atoms with E-state index in [0.717, 1.165) is 16.8 Å². The Kier molecular flexibility index (Phi) is 3.91. The normalized spacial score (nSPS) is 13.6. The predicted octanol–water partition coefficient (Wildman–Crippen LogP) is 1.32. The van der Waals surface area contributed by atoms with Crippen LogP contribution in [0, 0.1) is 0 Å². The molecule has 1 aliphatic rings. The Morgan fingerprint density at radius 1 is 1.32 bits per heavy atom. The molecule has 0 spiro atoms. The molecular weight excluding hydrogens is 282 g/mol. The average Bonchev–Trinajstić information content (AvgIpc) is 2.98. The van der Waals surface area contributed by atoms with Crippen LogP contribution < -0.4 is 0 Å². The molecule has 2 aromatic rings. The number of carbonyl (C=O) groups is 2. The Bertz CT molecular complexity index is 694. The number of amides is 1. The molecule has 1 aromatic carbocycles. The lowest BCUT2D eigenvalue weighted by Crippen LogP contribution is -2.37. The number of esters is 1. The lowest BCUT2D eigenvalue weighted by molar-refractivity contribution is -0.131. The van der Waals surface area contributed by atoms with Crippen molar-refractivity contribution < 1.29 is 14.3 Å². The Morgan fingerprint density at radius 3 is 2.82 bits per heavy atom. The minimum atomic E-state index is -0.443. The Balaban J connectivity index is 1.71. The zero-order valence-corrected chi connectivity index (χ0v) is 12.3. The number of H-pyrrole nitrogens is 1. The van der Waals surface area contributed by atoms with Crippen LogP contribution in [0.4, 0.5) is 0 Å². The van der Waals surface area contributed by atoms with Gasteiger partial charge in [-0.2, -0.15) is 5.10 Å². The van der Waals surface area contributed by atoms with E-state index in [1.165, 1.54) is 7.11 Å². The van der Waals surface area contributed by atoms with Gasteiger partial charge >= 0.3 is 5.97 Å². The third kappa shape index (κ3) is 2.72. The van der Waals surface area contributed by atoms with Gasteiger partial charge in [0.1, 0.15) is 0 Å². The van der Waals surface area contributed by atoms with E-state index in [-0.39, 0.29) is 5.91 Å². The average molecular weight is 299 g/mol. The number of hydrogen-bond acceptors (Lipinski definition) is 4. The predicted molar refractivity (Wildman–Crippen MR) is 79.2 cm³/mol. The summed E-state index contributed by atoms with van der Waals surface area (Å²) in [6.45, 7) is 1.03. The van der Waals surface area contributed by atoms with E-state index < -0.39 is 5.97 Å². The van der Waals surface area contributed by atoms with E-state index in [9.17, 15) is 9.59 Å². The molecule has 0 saturated carbocycles. The van der Waals surface area contributed by atoms with Crippen LogP contribution in [0.15, 0.2) is 30.3 Å². The summed E-state index contributed by atoms with van der Waals surface area (Å²) in [5.41, 5.74) is 2.99. The van der Waals surface area contributed by atoms with E-state index in [1.54, 1.807) is 4.90 Å². The number of benzene rings is 1. The molecule has 0 radical (unpaired) electrons. The van der Waals surface area contributed by atoms with Crippen molar-refractivity contribution in [3.63, 3.8) is 0 Å². The lowest BCUT2D eigenvalue weighted by atomic mass is 10.0. The highest BCUT2D eigenvalue weighted by atomic mass is 16.5. The summed E-state index contributed by atoms with van der Waals surface area (Å²) >= 11 is 0. The summed E-state index contributed by atoms with van der Waals surface area (Å²) in [5, 5.41) is 6.85. The van der Waals surface area contributed by atoms with Crippen molar-refractivity contribution in [2.75, 3.05) is 13.7 Å². The van der Waals surface area contributed by atoms with Crippen molar-refractivity contribution >= 4 is 11.9 Å². The number of fused-ring (bicyclic) bond motifs is 1. The van der Waals surface area contributed by atoms with Crippen LogP contribution >= 0.6 is 0 Å². The molecule has 3 rings (SSSR count). The molecular formula is C16H17N3O3. The first kappa shape index (κ1) is 14.3. The summed E-state index contributed by atoms with van der Waals surface area (Å²) in [5.74, 6) is -0.368. The van der Waals surface area contributed by atoms with Gasteiger partial charge in [0.25, 0.3) is 0 Å². The Labute approximate surface area is 128 Å². The summed E-state index contributed by atoms with van der Waals surface area (Å²) in [6, 6.07) is 9.67. The third-order valence-corrected chi connectivity index (χ3v) is 3.86. The first-order chi connectivity index (χ1) is 10.7. The maximum atomic E-state index is 12.4. The topological polar surface area (TPSA) is 75.3 Å². The van der Waals surface area contributed by atoms with Gasteiger partial charge < -0.3 is 9.64 Å². The van der Waals surface area contributed by atoms with Gasteiger partial charge in [-0.05, 0) is 12.0 Å². The summed E-state index contributed by atoms with van der Waals surface area (Å²) < 4.78 is 4.71. The summed E-state index contributed by atoms with van der Waals surface area (Å²) in [7, 11) is 1.34. The molecule has 6 nitrogen and oxygen atoms in total. The van der Waals surface area contributed by atoms with Gasteiger partial charge in [-0.3, -0.25) is 9.89 Å². The largest absolute Gasteiger partial charge is 0.464 e. The number of methoxy groups -OCH3 is 1. The fourth-order valence-electron chi connectivity index (χ4n) is 2.68. The molecule has 0 saturated heterocycles. The van der Waals surface area contributed by atoms with Crippen LogP contribution in [0.3, 0.4) is 0 Å². The fourth-order valence-corrected chi connectivity index (χ4v) is 2.68. The van der Waals surface area contributed by atoms with Gasteiger partial charge in [0, 0.05) is 12.1 Å². The van der Waals surface area contributed by atoms with Crippen LogP contribution in [0.2, 0.25) is 0 Å². The third-order valence-electron chi connectivity index (χ3n) is 3.86. The molecule has 0 fully saturated rings. The van der Waals surface area contributed by atoms with Gasteiger partial charge in [-0.25, -0.2) is 4.79 Å². The van der Waals surface area contributed by atoms with E-state index in [0.29, 0.717) is 31.6 Å². The molecule has 0 atom stereocenters. The smallest absolute Gasteiger partial charge is 0.358 e. The van der Waals surface area contributed by atoms with Crippen molar-refractivity contribution in [3.05, 3.63) is 52.8 Å². The SMILES string of the molecule is COC(=O)c1n[nH]c2c1CCN(C(=O)Cc1ccccc1)C2. The molecule has 2 heterocycles. The number of aromatic amines is 1. The number of nitrogens with zero attached hydrogens (tertiary/aromatic N) is 2. The maximum Gasteiger partial charge on any atom is 0.358 e. The highest BCUT2D eigenvalue weighted by Gasteiger charge is 2.27. The maximum absolute atomic E-state index is 12.4. The molecule has 1 amide bonds. The van der Waals surface area contributed by atoms with Crippen molar-refractivity contribution in [1.29, 1.82) is 0 Å². The minimum Gasteiger partial charge on any atom is -0.464 e. The molecule has 0 unspecified atom stereocenters. The number of rotatable bonds is 3. The lowest BCUT2D eigenvalue weighted by Gasteiger charge is -2.26. The van der Waals surface area contributed by atoms with E-state index >= 15 is 0 Å². The van der Waals surface area contributed by atoms with Crippen LogP contribution in [-0.4, -0.2) is 40.6 Å². The number of carbonyl (C=O) groups excluding carboxylic acids is 2. The van der Waals surface area contributed by atoms with Gasteiger partial charge in [0.2, 0.25) is 5.91 Å². The van der Waals surface area contributed by atoms with Gasteiger partial charge in [-0.1, -0.05) is 30.3 Å². The monoisotopic (exact) mass is 299 g/mol. The van der Waals surface area contributed by atoms with Gasteiger partial charge in [0.05, 0.1) is 25.8 Å². The van der Waals surface area contributed by atoms with Crippen LogP contribution in [0.25, 0.3) is 0 Å². The highest BCUT2D eigenvalue weighted by Crippen LogP contribution is 2.21. The summed E-state index contributed by atoms with van der Waals surface area (Å²) in [4.78, 5) is 25.8. The van der Waals surface area contributed by atoms with Crippen LogP contribution in [-0.2, 0) is 28.9 Å². The second-order valence-corrected chi connectivity index (χ2v) is 5.25. The van der Waals surface area contributed by atoms with Crippen molar-refractivity contribution in [1.82, 2.24) is 15.1 Å². The standard InChI is InChI=1S/C16H17N3O3/c1-22-16(21)15-12-7-8-19(10-13(12)17-18-15)14(20)9-11-5-3-2-4-6-11/h2-6H,7-10H2,1H3,(H,17,18). The number of nitrogens with one attached hydrogen (secondary N) is 1. The first-order valence-electron chi connectivity index (χ1n) is 7.15. The van der Waals surface area contributed by atoms with Crippen molar-refractivity contribution in [3.8, 4) is 0 Å². The quantitative estimate of drug-likeness (QED) is 0.867. The molecule has 1 aromatic heterocycles. The first-order valence-corrected chi connectivity index (χ1v) is 7.15. The number of hydrogen-bond donors (Lipinski definition) is 1. The zero-order chi connectivity index (χ0) is 15.5. The highest BCUT2D eigenvalue weighted by molar-refractivity contribution is 5.89. The zero-order valence-electron chi connectivity index (χ0n) is 12.3. The number of ether oxygens (including phenoxy) is 1. The van der Waals surface area contributed by atoms with Crippen LogP contribution in [0.1, 0.15) is 27.3 Å². The molecule has 22 heavy (non-hydrogen) atoms. The van der Waals surface area contributed by atoms with E-state index in [1.807, 2.05) is 30.3 Å². The van der Waals surface area contributed by atoms with E-state index in [2.05, 4.69) is 10.2 Å². The van der Waals surface area contributed by atoms with Crippen molar-refractivity contribution in [2.24, 2.45) is 0 Å². The van der Waals surface area contributed by atoms with Gasteiger partial charge in [-0.15, -0.1) is 0 Å². The Hall–Kier alpha value is -2.63. The number of aromatic nitrogens is 2. The second-order valence-electron chi connectivity index (χ2n) is 5.25. The molecule has 1 aliphatic heterocycles. The summed E-state index contributed by atoms with van der Waals surface area (Å²) in [6.07, 6.45) is 0.991.